The molecule has 1 aliphatic carbocycles. The third-order valence-electron chi connectivity index (χ3n) is 11.5. The number of hydrogen-bond donors (Lipinski definition) is 5. The van der Waals surface area contributed by atoms with Crippen molar-refractivity contribution < 1.29 is 46.7 Å². The number of amides is 2. The molecule has 2 amide bonds. The number of carboxylic acid groups (broad SMARTS) is 1. The fourth-order valence-corrected chi connectivity index (χ4v) is 8.81. The van der Waals surface area contributed by atoms with Crippen molar-refractivity contribution >= 4 is 50.8 Å². The van der Waals surface area contributed by atoms with E-state index in [0.717, 1.165) is 53.3 Å². The minimum absolute atomic E-state index is 0.0806. The Kier molecular flexibility index (Phi) is 13.5. The van der Waals surface area contributed by atoms with Crippen molar-refractivity contribution in [1.29, 1.82) is 0 Å². The van der Waals surface area contributed by atoms with Crippen LogP contribution in [-0.2, 0) is 40.1 Å². The van der Waals surface area contributed by atoms with Gasteiger partial charge in [0.25, 0.3) is 0 Å². The molecule has 0 aromatic heterocycles. The normalized spacial score (nSPS) is 19.2. The Labute approximate surface area is 341 Å². The lowest BCUT2D eigenvalue weighted by Crippen LogP contribution is -3.09. The number of carboxylic acids is 1. The number of carbonyl (C=O) groups is 4. The van der Waals surface area contributed by atoms with Crippen molar-refractivity contribution in [2.24, 2.45) is 0 Å². The van der Waals surface area contributed by atoms with Gasteiger partial charge in [0.05, 0.1) is 59.2 Å². The first-order valence-electron chi connectivity index (χ1n) is 19.8. The molecule has 0 spiro atoms. The predicted molar refractivity (Wildman–Crippen MR) is 221 cm³/mol. The summed E-state index contributed by atoms with van der Waals surface area (Å²) in [7, 11) is 0.884. The molecule has 14 nitrogen and oxygen atoms in total. The van der Waals surface area contributed by atoms with Crippen LogP contribution in [0.1, 0.15) is 70.9 Å². The van der Waals surface area contributed by atoms with E-state index in [-0.39, 0.29) is 47.9 Å². The molecular weight excluding hydrogens is 761 g/mol. The molecule has 58 heavy (non-hydrogen) atoms. The van der Waals surface area contributed by atoms with Gasteiger partial charge in [-0.25, -0.2) is 8.42 Å². The molecule has 5 rings (SSSR count). The lowest BCUT2D eigenvalue weighted by molar-refractivity contribution is -0.878. The number of unbranched alkanes of at least 4 members (excludes halogenated alkanes) is 2. The Hall–Kier alpha value is -5.12. The van der Waals surface area contributed by atoms with E-state index in [1.54, 1.807) is 12.2 Å². The van der Waals surface area contributed by atoms with E-state index in [1.807, 2.05) is 79.1 Å². The number of para-hydroxylation sites is 2. The van der Waals surface area contributed by atoms with E-state index in [2.05, 4.69) is 43.6 Å². The first-order chi connectivity index (χ1) is 27.2. The monoisotopic (exact) mass is 817 g/mol. The Morgan fingerprint density at radius 1 is 0.914 bits per heavy atom. The van der Waals surface area contributed by atoms with Crippen molar-refractivity contribution in [3.8, 4) is 0 Å². The number of fused-ring (bicyclic) bond motifs is 2. The molecule has 0 saturated carbocycles. The summed E-state index contributed by atoms with van der Waals surface area (Å²) in [6.07, 6.45) is 5.94. The Morgan fingerprint density at radius 2 is 1.59 bits per heavy atom. The second-order valence-electron chi connectivity index (χ2n) is 16.5. The van der Waals surface area contributed by atoms with Gasteiger partial charge in [-0.15, -0.1) is 0 Å². The Balaban J connectivity index is 1.36. The second-order valence-corrected chi connectivity index (χ2v) is 17.9. The third-order valence-corrected chi connectivity index (χ3v) is 12.2. The summed E-state index contributed by atoms with van der Waals surface area (Å²) in [6, 6.07) is 14.3. The largest absolute Gasteiger partial charge is 0.748 e. The number of benzene rings is 2. The number of anilines is 1. The van der Waals surface area contributed by atoms with Crippen LogP contribution in [0.2, 0.25) is 0 Å². The molecule has 0 saturated heterocycles. The summed E-state index contributed by atoms with van der Waals surface area (Å²) < 4.78 is 38.7. The summed E-state index contributed by atoms with van der Waals surface area (Å²) in [5.41, 5.74) is 5.50. The number of nitrogens with one attached hydrogen (secondary N) is 4. The number of nitrogens with zero attached hydrogens (tertiary/aromatic N) is 2. The topological polar surface area (TPSA) is 192 Å². The van der Waals surface area contributed by atoms with Crippen LogP contribution in [0.4, 0.5) is 11.4 Å². The molecule has 5 N–H and O–H groups in total. The molecule has 0 radical (unpaired) electrons. The van der Waals surface area contributed by atoms with Gasteiger partial charge in [0, 0.05) is 66.5 Å². The van der Waals surface area contributed by atoms with Crippen LogP contribution >= 0.6 is 0 Å². The van der Waals surface area contributed by atoms with Crippen LogP contribution in [0.3, 0.4) is 0 Å². The van der Waals surface area contributed by atoms with Crippen LogP contribution < -0.4 is 25.8 Å². The number of allylic oxidation sites excluding steroid dienone is 5. The summed E-state index contributed by atoms with van der Waals surface area (Å²) >= 11 is 0. The average Bonchev–Trinajstić information content (AvgIpc) is 3.47. The summed E-state index contributed by atoms with van der Waals surface area (Å²) in [4.78, 5) is 54.4. The van der Waals surface area contributed by atoms with Gasteiger partial charge in [0.1, 0.15) is 13.1 Å². The predicted octanol–water partition coefficient (Wildman–Crippen LogP) is 2.05. The average molecular weight is 818 g/mol. The molecule has 2 aliphatic heterocycles. The molecule has 2 unspecified atom stereocenters. The number of carbonyl (C=O) groups excluding carboxylic acids is 3. The molecule has 0 bridgehead atoms. The smallest absolute Gasteiger partial charge is 0.303 e. The van der Waals surface area contributed by atoms with E-state index < -0.39 is 44.6 Å². The number of hydrogen-bond acceptors (Lipinski definition) is 9. The lowest BCUT2D eigenvalue weighted by Gasteiger charge is -2.32. The number of rotatable bonds is 19. The van der Waals surface area contributed by atoms with E-state index in [1.165, 1.54) is 4.90 Å². The fraction of sp³-hybridized carbons (Fsp3) is 0.465. The van der Waals surface area contributed by atoms with E-state index in [4.69, 9.17) is 5.11 Å². The zero-order valence-corrected chi connectivity index (χ0v) is 35.3. The molecule has 2 heterocycles. The van der Waals surface area contributed by atoms with Gasteiger partial charge in [-0.2, -0.15) is 4.58 Å². The first kappa shape index (κ1) is 44.0. The van der Waals surface area contributed by atoms with Gasteiger partial charge in [0.2, 0.25) is 17.5 Å². The minimum atomic E-state index is -4.94. The number of likely N-dealkylation sites (N-methyl/N-ethyl adjacent to an activating group) is 2. The zero-order valence-electron chi connectivity index (χ0n) is 34.5. The second kappa shape index (κ2) is 17.8. The maximum Gasteiger partial charge on any atom is 0.303 e. The minimum Gasteiger partial charge on any atom is -0.748 e. The van der Waals surface area contributed by atoms with Gasteiger partial charge < -0.3 is 35.4 Å². The van der Waals surface area contributed by atoms with Gasteiger partial charge in [-0.05, 0) is 50.8 Å². The molecular formula is C43H57N6O8S+. The standard InChI is InChI=1S/C43H56N6O8S/c1-42(2)30-15-10-12-17-33(30)48(6)35(42)25-28-39(29(40(28)53)26-36-43(3,4)31-16-11-13-18-34(31)49(36)7)46-32(27-58(55,56)57)41(54)45-21-20-37(50)44-22-24-47(5)23-14-8-9-19-38(51)52/h10-13,15-18,25-26,32H,8-9,14,19-24,27H2,1-7H3,(H4-,44,45,46,50,51,52,53,54,55,56,57)/p+1. The van der Waals surface area contributed by atoms with Gasteiger partial charge >= 0.3 is 5.97 Å². The molecule has 0 fully saturated rings. The van der Waals surface area contributed by atoms with Crippen LogP contribution in [-0.4, -0.2) is 111 Å². The summed E-state index contributed by atoms with van der Waals surface area (Å²) in [6.45, 7) is 10.0. The van der Waals surface area contributed by atoms with Crippen LogP contribution in [0.15, 0.2) is 83.2 Å². The van der Waals surface area contributed by atoms with Gasteiger partial charge in [-0.3, -0.25) is 19.2 Å². The van der Waals surface area contributed by atoms with Crippen molar-refractivity contribution in [3.63, 3.8) is 0 Å². The van der Waals surface area contributed by atoms with Crippen LogP contribution in [0.25, 0.3) is 0 Å². The molecule has 15 heteroatoms. The maximum atomic E-state index is 14.2. The van der Waals surface area contributed by atoms with Gasteiger partial charge in [-0.1, -0.05) is 50.2 Å². The molecule has 2 atom stereocenters. The maximum absolute atomic E-state index is 14.2. The van der Waals surface area contributed by atoms with Crippen molar-refractivity contribution in [2.45, 2.75) is 76.7 Å². The molecule has 2 aromatic rings. The van der Waals surface area contributed by atoms with Crippen LogP contribution in [0, 0.1) is 0 Å². The first-order valence-corrected chi connectivity index (χ1v) is 21.4. The number of aliphatic carboxylic acids is 1. The number of Topliss-reactive ketones (excluding diaryl/α,β-unsaturated/α-hetero) is 1. The zero-order chi connectivity index (χ0) is 42.6. The molecule has 312 valence electrons. The highest BCUT2D eigenvalue weighted by molar-refractivity contribution is 7.85. The van der Waals surface area contributed by atoms with Crippen molar-refractivity contribution in [2.75, 3.05) is 58.0 Å². The molecule has 2 aromatic carbocycles. The highest BCUT2D eigenvalue weighted by Gasteiger charge is 2.46. The van der Waals surface area contributed by atoms with E-state index >= 15 is 0 Å². The number of ketones is 1. The summed E-state index contributed by atoms with van der Waals surface area (Å²) in [5.74, 6) is -3.30. The Bertz CT molecular complexity index is 2200. The third kappa shape index (κ3) is 9.76. The van der Waals surface area contributed by atoms with Crippen molar-refractivity contribution in [1.82, 2.24) is 16.0 Å². The fourth-order valence-electron chi connectivity index (χ4n) is 8.17. The highest BCUT2D eigenvalue weighted by atomic mass is 32.2. The van der Waals surface area contributed by atoms with E-state index in [0.29, 0.717) is 19.5 Å². The van der Waals surface area contributed by atoms with E-state index in [9.17, 15) is 32.1 Å². The lowest BCUT2D eigenvalue weighted by atomic mass is 9.77. The van der Waals surface area contributed by atoms with Gasteiger partial charge in [0.15, 0.2) is 11.5 Å². The SMILES string of the molecule is CN1/C(=C/C2=C(NC(CS(=O)(=O)[O-])C(=O)NCCC(=O)NCC[NH+](C)CCCCCC(=O)O)C(=C/C3=[N+](C)c4ccccc4C3(C)C)/C2=O)C(C)(C)c2ccccc21. The summed E-state index contributed by atoms with van der Waals surface area (Å²) in [5, 5.41) is 17.2. The quantitative estimate of drug-likeness (QED) is 0.0607. The highest BCUT2D eigenvalue weighted by Crippen LogP contribution is 2.48. The van der Waals surface area contributed by atoms with Crippen molar-refractivity contribution in [3.05, 3.63) is 94.4 Å². The Morgan fingerprint density at radius 3 is 2.24 bits per heavy atom. The molecule has 3 aliphatic rings. The van der Waals surface area contributed by atoms with Crippen LogP contribution in [0.5, 0.6) is 0 Å². The number of quaternary nitrogens is 1.